The van der Waals surface area contributed by atoms with Gasteiger partial charge in [0.1, 0.15) is 12.6 Å². The maximum absolute atomic E-state index is 12.5. The van der Waals surface area contributed by atoms with Crippen LogP contribution in [-0.4, -0.2) is 58.8 Å². The molecule has 2 atom stereocenters. The fraction of sp³-hybridized carbons (Fsp3) is 0.462. The Morgan fingerprint density at radius 1 is 1.03 bits per heavy atom. The summed E-state index contributed by atoms with van der Waals surface area (Å²) in [6.45, 7) is 4.06. The second-order valence-electron chi connectivity index (χ2n) is 8.62. The van der Waals surface area contributed by atoms with Crippen LogP contribution in [0.2, 0.25) is 0 Å². The van der Waals surface area contributed by atoms with Gasteiger partial charge in [-0.3, -0.25) is 4.79 Å². The Morgan fingerprint density at radius 2 is 1.59 bits per heavy atom. The normalized spacial score (nSPS) is 16.4. The maximum atomic E-state index is 12.5. The summed E-state index contributed by atoms with van der Waals surface area (Å²) in [6.07, 6.45) is 2.87. The molecule has 0 bridgehead atoms. The molecule has 1 aliphatic rings. The zero-order chi connectivity index (χ0) is 23.1. The molecule has 0 aliphatic carbocycles. The first-order valence-corrected chi connectivity index (χ1v) is 11.5. The topological polar surface area (TPSA) is 89.9 Å². The zero-order valence-corrected chi connectivity index (χ0v) is 19.0. The van der Waals surface area contributed by atoms with Crippen molar-refractivity contribution in [3.05, 3.63) is 59.7 Å². The molecule has 2 aromatic carbocycles. The molecule has 0 saturated carbocycles. The average molecular weight is 439 g/mol. The van der Waals surface area contributed by atoms with Gasteiger partial charge in [0.15, 0.2) is 5.78 Å². The van der Waals surface area contributed by atoms with Gasteiger partial charge >= 0.3 is 6.03 Å². The van der Waals surface area contributed by atoms with E-state index in [1.54, 1.807) is 4.90 Å². The average Bonchev–Trinajstić information content (AvgIpc) is 2.82. The Balaban J connectivity index is 1.55. The molecule has 0 unspecified atom stereocenters. The van der Waals surface area contributed by atoms with Crippen molar-refractivity contribution in [1.29, 1.82) is 0 Å². The van der Waals surface area contributed by atoms with Gasteiger partial charge in [-0.2, -0.15) is 0 Å². The molecule has 1 heterocycles. The van der Waals surface area contributed by atoms with Crippen LogP contribution in [0.1, 0.15) is 50.2 Å². The third-order valence-corrected chi connectivity index (χ3v) is 6.25. The molecule has 172 valence electrons. The number of ketones is 1. The van der Waals surface area contributed by atoms with Crippen molar-refractivity contribution in [2.45, 2.75) is 57.6 Å². The van der Waals surface area contributed by atoms with Crippen molar-refractivity contribution in [1.82, 2.24) is 10.2 Å². The van der Waals surface area contributed by atoms with E-state index in [0.29, 0.717) is 19.0 Å². The van der Waals surface area contributed by atoms with Crippen LogP contribution >= 0.6 is 0 Å². The molecule has 6 nitrogen and oxygen atoms in total. The minimum atomic E-state index is -1.09. The second kappa shape index (κ2) is 11.2. The first-order chi connectivity index (χ1) is 15.4. The van der Waals surface area contributed by atoms with E-state index in [4.69, 9.17) is 5.11 Å². The molecule has 32 heavy (non-hydrogen) atoms. The van der Waals surface area contributed by atoms with Gasteiger partial charge in [-0.15, -0.1) is 0 Å². The zero-order valence-electron chi connectivity index (χ0n) is 19.0. The summed E-state index contributed by atoms with van der Waals surface area (Å²) in [7, 11) is 0. The van der Waals surface area contributed by atoms with Gasteiger partial charge < -0.3 is 20.4 Å². The highest BCUT2D eigenvalue weighted by molar-refractivity contribution is 5.89. The number of amides is 2. The third kappa shape index (κ3) is 5.96. The van der Waals surface area contributed by atoms with E-state index in [-0.39, 0.29) is 6.03 Å². The number of piperidine rings is 1. The lowest BCUT2D eigenvalue weighted by Gasteiger charge is -2.33. The molecular weight excluding hydrogens is 404 g/mol. The number of urea groups is 1. The van der Waals surface area contributed by atoms with Crippen LogP contribution in [0.3, 0.4) is 0 Å². The lowest BCUT2D eigenvalue weighted by Crippen LogP contribution is -2.54. The molecule has 6 heteroatoms. The largest absolute Gasteiger partial charge is 0.391 e. The number of nitrogens with zero attached hydrogens (tertiary/aromatic N) is 1. The van der Waals surface area contributed by atoms with Crippen molar-refractivity contribution in [2.24, 2.45) is 0 Å². The number of carbonyl (C=O) groups is 2. The summed E-state index contributed by atoms with van der Waals surface area (Å²) >= 11 is 0. The number of hydrogen-bond donors (Lipinski definition) is 3. The summed E-state index contributed by atoms with van der Waals surface area (Å²) in [5.74, 6) is -0.213. The molecule has 3 N–H and O–H groups in total. The van der Waals surface area contributed by atoms with E-state index in [1.165, 1.54) is 29.2 Å². The summed E-state index contributed by atoms with van der Waals surface area (Å²) in [5.41, 5.74) is 5.05. The molecular formula is C26H34N2O4. The molecule has 2 amide bonds. The molecule has 0 aromatic heterocycles. The third-order valence-electron chi connectivity index (χ3n) is 6.25. The van der Waals surface area contributed by atoms with Crippen molar-refractivity contribution < 1.29 is 19.8 Å². The van der Waals surface area contributed by atoms with Gasteiger partial charge in [-0.25, -0.2) is 4.79 Å². The van der Waals surface area contributed by atoms with E-state index in [2.05, 4.69) is 60.8 Å². The number of rotatable bonds is 8. The van der Waals surface area contributed by atoms with Crippen LogP contribution in [0.25, 0.3) is 11.1 Å². The molecule has 1 saturated heterocycles. The van der Waals surface area contributed by atoms with Crippen LogP contribution in [0, 0.1) is 0 Å². The van der Waals surface area contributed by atoms with E-state index in [9.17, 15) is 14.7 Å². The Morgan fingerprint density at radius 3 is 2.09 bits per heavy atom. The highest BCUT2D eigenvalue weighted by Crippen LogP contribution is 2.30. The maximum Gasteiger partial charge on any atom is 0.318 e. The standard InChI is InChI=1S/C26H34N2O4/c1-3-4-19-5-7-20(8-6-19)21-9-11-22(12-10-21)23-13-15-28(16-14-23)26(32)27-25(18(2)30)24(31)17-29/h5-12,18,23,25,29-30H,3-4,13-17H2,1-2H3,(H,27,32)/t18-,25+/m1/s1. The summed E-state index contributed by atoms with van der Waals surface area (Å²) in [5, 5.41) is 21.3. The Hall–Kier alpha value is -2.70. The molecule has 1 fully saturated rings. The van der Waals surface area contributed by atoms with Gasteiger partial charge in [-0.05, 0) is 54.4 Å². The number of aliphatic hydroxyl groups is 2. The molecule has 2 aromatic rings. The van der Waals surface area contributed by atoms with Crippen molar-refractivity contribution >= 4 is 11.8 Å². The minimum Gasteiger partial charge on any atom is -0.391 e. The monoisotopic (exact) mass is 438 g/mol. The number of aryl methyl sites for hydroxylation is 1. The first kappa shape index (κ1) is 24.0. The number of likely N-dealkylation sites (tertiary alicyclic amines) is 1. The van der Waals surface area contributed by atoms with Crippen LogP contribution in [0.5, 0.6) is 0 Å². The van der Waals surface area contributed by atoms with Crippen LogP contribution in [0.4, 0.5) is 4.79 Å². The van der Waals surface area contributed by atoms with Gasteiger partial charge in [0.25, 0.3) is 0 Å². The van der Waals surface area contributed by atoms with Crippen molar-refractivity contribution in [3.8, 4) is 11.1 Å². The van der Waals surface area contributed by atoms with Gasteiger partial charge in [-0.1, -0.05) is 61.9 Å². The minimum absolute atomic E-state index is 0.377. The van der Waals surface area contributed by atoms with Crippen LogP contribution < -0.4 is 5.32 Å². The van der Waals surface area contributed by atoms with Crippen molar-refractivity contribution in [3.63, 3.8) is 0 Å². The fourth-order valence-corrected chi connectivity index (χ4v) is 4.31. The number of benzene rings is 2. The van der Waals surface area contributed by atoms with E-state index in [1.807, 2.05) is 0 Å². The molecule has 1 aliphatic heterocycles. The summed E-state index contributed by atoms with van der Waals surface area (Å²) in [4.78, 5) is 25.9. The molecule has 3 rings (SSSR count). The number of Topliss-reactive ketones (excluding diaryl/α,β-unsaturated/α-hetero) is 1. The Kier molecular flexibility index (Phi) is 8.42. The molecule has 0 radical (unpaired) electrons. The lowest BCUT2D eigenvalue weighted by atomic mass is 9.88. The number of carbonyl (C=O) groups excluding carboxylic acids is 2. The SMILES string of the molecule is CCCc1ccc(-c2ccc(C3CCN(C(=O)N[C@H](C(=O)CO)[C@@H](C)O)CC3)cc2)cc1. The van der Waals surface area contributed by atoms with Gasteiger partial charge in [0, 0.05) is 13.1 Å². The predicted molar refractivity (Wildman–Crippen MR) is 126 cm³/mol. The number of hydrogen-bond acceptors (Lipinski definition) is 4. The van der Waals surface area contributed by atoms with E-state index in [0.717, 1.165) is 25.7 Å². The lowest BCUT2D eigenvalue weighted by molar-refractivity contribution is -0.125. The Labute approximate surface area is 190 Å². The van der Waals surface area contributed by atoms with E-state index >= 15 is 0 Å². The first-order valence-electron chi connectivity index (χ1n) is 11.5. The van der Waals surface area contributed by atoms with Crippen LogP contribution in [0.15, 0.2) is 48.5 Å². The predicted octanol–water partition coefficient (Wildman–Crippen LogP) is 3.51. The van der Waals surface area contributed by atoms with Crippen LogP contribution in [-0.2, 0) is 11.2 Å². The highest BCUT2D eigenvalue weighted by Gasteiger charge is 2.29. The fourth-order valence-electron chi connectivity index (χ4n) is 4.31. The number of aliphatic hydroxyl groups excluding tert-OH is 2. The Bertz CT molecular complexity index is 885. The van der Waals surface area contributed by atoms with Gasteiger partial charge in [0.05, 0.1) is 6.10 Å². The highest BCUT2D eigenvalue weighted by atomic mass is 16.3. The molecule has 0 spiro atoms. The quantitative estimate of drug-likeness (QED) is 0.588. The smallest absolute Gasteiger partial charge is 0.318 e. The van der Waals surface area contributed by atoms with Gasteiger partial charge in [0.2, 0.25) is 0 Å². The second-order valence-corrected chi connectivity index (χ2v) is 8.62. The summed E-state index contributed by atoms with van der Waals surface area (Å²) in [6, 6.07) is 16.0. The van der Waals surface area contributed by atoms with E-state index < -0.39 is 24.5 Å². The van der Waals surface area contributed by atoms with Crippen molar-refractivity contribution in [2.75, 3.05) is 19.7 Å². The number of nitrogens with one attached hydrogen (secondary N) is 1. The summed E-state index contributed by atoms with van der Waals surface area (Å²) < 4.78 is 0.